The Labute approximate surface area is 332 Å². The van der Waals surface area contributed by atoms with Crippen LogP contribution in [0.1, 0.15) is 22.3 Å². The van der Waals surface area contributed by atoms with Gasteiger partial charge in [0.05, 0.1) is 22.1 Å². The molecule has 1 spiro atoms. The fourth-order valence-corrected chi connectivity index (χ4v) is 10.1. The monoisotopic (exact) mass is 724 g/mol. The molecular formula is C55H36N2. The van der Waals surface area contributed by atoms with Gasteiger partial charge in [-0.25, -0.2) is 0 Å². The highest BCUT2D eigenvalue weighted by molar-refractivity contribution is 6.14. The summed E-state index contributed by atoms with van der Waals surface area (Å²) in [6.45, 7) is 0. The zero-order valence-corrected chi connectivity index (χ0v) is 31.2. The maximum absolute atomic E-state index is 2.53. The molecule has 0 atom stereocenters. The van der Waals surface area contributed by atoms with E-state index < -0.39 is 5.41 Å². The molecule has 2 aliphatic rings. The lowest BCUT2D eigenvalue weighted by molar-refractivity contribution is 0.748. The molecule has 0 unspecified atom stereocenters. The molecule has 0 N–H and O–H groups in total. The van der Waals surface area contributed by atoms with E-state index in [-0.39, 0.29) is 0 Å². The zero-order valence-electron chi connectivity index (χ0n) is 31.2. The van der Waals surface area contributed by atoms with Gasteiger partial charge >= 0.3 is 0 Å². The van der Waals surface area contributed by atoms with Gasteiger partial charge in [-0.15, -0.1) is 0 Å². The lowest BCUT2D eigenvalue weighted by Crippen LogP contribution is -2.33. The Balaban J connectivity index is 1.06. The fourth-order valence-electron chi connectivity index (χ4n) is 10.1. The van der Waals surface area contributed by atoms with Crippen molar-refractivity contribution in [2.75, 3.05) is 4.90 Å². The van der Waals surface area contributed by atoms with E-state index in [0.29, 0.717) is 0 Å². The van der Waals surface area contributed by atoms with Crippen LogP contribution in [-0.2, 0) is 5.41 Å². The summed E-state index contributed by atoms with van der Waals surface area (Å²) in [5, 5.41) is 2.51. The summed E-state index contributed by atoms with van der Waals surface area (Å²) in [6.07, 6.45) is 0. The van der Waals surface area contributed by atoms with Gasteiger partial charge in [0.25, 0.3) is 0 Å². The van der Waals surface area contributed by atoms with E-state index in [1.54, 1.807) is 0 Å². The molecule has 0 bridgehead atoms. The van der Waals surface area contributed by atoms with Crippen molar-refractivity contribution in [2.24, 2.45) is 0 Å². The van der Waals surface area contributed by atoms with Crippen LogP contribution in [0.15, 0.2) is 218 Å². The number of aromatic nitrogens is 1. The molecule has 2 heterocycles. The largest absolute Gasteiger partial charge is 0.310 e. The maximum Gasteiger partial charge on any atom is 0.0754 e. The third kappa shape index (κ3) is 4.47. The van der Waals surface area contributed by atoms with Crippen molar-refractivity contribution in [1.82, 2.24) is 4.57 Å². The fraction of sp³-hybridized carbons (Fsp3) is 0.0182. The summed E-state index contributed by atoms with van der Waals surface area (Å²) in [6, 6.07) is 80.3. The Kier molecular flexibility index (Phi) is 6.88. The van der Waals surface area contributed by atoms with Crippen molar-refractivity contribution < 1.29 is 0 Å². The number of fused-ring (bicyclic) bond motifs is 12. The van der Waals surface area contributed by atoms with Crippen LogP contribution < -0.4 is 4.90 Å². The van der Waals surface area contributed by atoms with Gasteiger partial charge in [0, 0.05) is 27.8 Å². The summed E-state index contributed by atoms with van der Waals surface area (Å²) in [5.74, 6) is 0. The number of hydrogen-bond acceptors (Lipinski definition) is 1. The highest BCUT2D eigenvalue weighted by Crippen LogP contribution is 2.61. The molecule has 0 saturated carbocycles. The van der Waals surface area contributed by atoms with Gasteiger partial charge in [0.1, 0.15) is 0 Å². The second-order valence-corrected chi connectivity index (χ2v) is 15.2. The first-order chi connectivity index (χ1) is 28.3. The van der Waals surface area contributed by atoms with Crippen LogP contribution >= 0.6 is 0 Å². The van der Waals surface area contributed by atoms with Crippen molar-refractivity contribution in [3.05, 3.63) is 241 Å². The molecule has 266 valence electrons. The van der Waals surface area contributed by atoms with Crippen molar-refractivity contribution in [3.63, 3.8) is 0 Å². The predicted molar refractivity (Wildman–Crippen MR) is 237 cm³/mol. The van der Waals surface area contributed by atoms with E-state index >= 15 is 0 Å². The molecule has 57 heavy (non-hydrogen) atoms. The van der Waals surface area contributed by atoms with Gasteiger partial charge in [-0.1, -0.05) is 170 Å². The number of benzene rings is 9. The number of hydrogen-bond donors (Lipinski definition) is 0. The molecule has 0 radical (unpaired) electrons. The average Bonchev–Trinajstić information content (AvgIpc) is 3.78. The Hall–Kier alpha value is -7.42. The van der Waals surface area contributed by atoms with E-state index in [1.165, 1.54) is 83.1 Å². The van der Waals surface area contributed by atoms with E-state index in [4.69, 9.17) is 0 Å². The van der Waals surface area contributed by atoms with Gasteiger partial charge in [-0.3, -0.25) is 0 Å². The summed E-state index contributed by atoms with van der Waals surface area (Å²) < 4.78 is 2.53. The Morgan fingerprint density at radius 1 is 0.333 bits per heavy atom. The number of rotatable bonds is 5. The van der Waals surface area contributed by atoms with Crippen molar-refractivity contribution >= 4 is 38.9 Å². The molecular weight excluding hydrogens is 689 g/mol. The first-order valence-electron chi connectivity index (χ1n) is 19.8. The minimum Gasteiger partial charge on any atom is -0.310 e. The van der Waals surface area contributed by atoms with Gasteiger partial charge in [0.2, 0.25) is 0 Å². The maximum atomic E-state index is 2.53. The minimum atomic E-state index is -0.423. The Morgan fingerprint density at radius 2 is 0.842 bits per heavy atom. The van der Waals surface area contributed by atoms with Crippen LogP contribution in [0.4, 0.5) is 17.1 Å². The van der Waals surface area contributed by atoms with E-state index in [0.717, 1.165) is 17.1 Å². The summed E-state index contributed by atoms with van der Waals surface area (Å²) >= 11 is 0. The third-order valence-corrected chi connectivity index (χ3v) is 12.4. The van der Waals surface area contributed by atoms with Gasteiger partial charge in [0.15, 0.2) is 0 Å². The number of para-hydroxylation sites is 3. The van der Waals surface area contributed by atoms with Crippen LogP contribution in [0.25, 0.3) is 60.9 Å². The minimum absolute atomic E-state index is 0.423. The lowest BCUT2D eigenvalue weighted by atomic mass is 9.65. The second-order valence-electron chi connectivity index (χ2n) is 15.2. The first-order valence-corrected chi connectivity index (χ1v) is 19.8. The quantitative estimate of drug-likeness (QED) is 0.172. The first kappa shape index (κ1) is 31.9. The summed E-state index contributed by atoms with van der Waals surface area (Å²) in [4.78, 5) is 2.39. The molecule has 1 aliphatic carbocycles. The predicted octanol–water partition coefficient (Wildman–Crippen LogP) is 14.3. The number of anilines is 3. The number of nitrogens with zero attached hydrogens (tertiary/aromatic N) is 2. The SMILES string of the molecule is c1ccc(-c2ccccc2-c2ccc(N(c3ccccc3)c3ccc4c(c3)c3cccc5c3n4-c3ccccc3C53c4ccccc4-c4ccccc43)cc2)cc1. The van der Waals surface area contributed by atoms with Gasteiger partial charge < -0.3 is 9.47 Å². The molecule has 1 aliphatic heterocycles. The van der Waals surface area contributed by atoms with Crippen molar-refractivity contribution in [1.29, 1.82) is 0 Å². The standard InChI is InChI=1S/C55H36N2/c1-3-16-37(17-4-1)42-20-7-8-21-43(42)38-30-32-40(33-31-38)56(39-18-5-2-6-19-39)41-34-35-52-47(36-41)46-24-15-28-51-54(46)57(52)53-29-14-13-27-50(53)55(51)48-25-11-9-22-44(48)45-23-10-12-26-49(45)55/h1-36H. The molecule has 0 saturated heterocycles. The molecule has 9 aromatic carbocycles. The Bertz CT molecular complexity index is 3130. The van der Waals surface area contributed by atoms with Gasteiger partial charge in [-0.2, -0.15) is 0 Å². The molecule has 10 aromatic rings. The zero-order chi connectivity index (χ0) is 37.5. The van der Waals surface area contributed by atoms with E-state index in [1.807, 2.05) is 0 Å². The van der Waals surface area contributed by atoms with Crippen LogP contribution in [0.2, 0.25) is 0 Å². The van der Waals surface area contributed by atoms with E-state index in [9.17, 15) is 0 Å². The van der Waals surface area contributed by atoms with Crippen LogP contribution in [0.5, 0.6) is 0 Å². The topological polar surface area (TPSA) is 8.17 Å². The second kappa shape index (κ2) is 12.3. The van der Waals surface area contributed by atoms with Crippen molar-refractivity contribution in [2.45, 2.75) is 5.41 Å². The molecule has 1 aromatic heterocycles. The van der Waals surface area contributed by atoms with E-state index in [2.05, 4.69) is 228 Å². The molecule has 0 amide bonds. The van der Waals surface area contributed by atoms with Crippen LogP contribution in [0, 0.1) is 0 Å². The molecule has 2 nitrogen and oxygen atoms in total. The highest BCUT2D eigenvalue weighted by Gasteiger charge is 2.50. The molecule has 2 heteroatoms. The lowest BCUT2D eigenvalue weighted by Gasteiger charge is -2.39. The normalized spacial score (nSPS) is 13.1. The van der Waals surface area contributed by atoms with Crippen molar-refractivity contribution in [3.8, 4) is 39.1 Å². The summed E-state index contributed by atoms with van der Waals surface area (Å²) in [7, 11) is 0. The van der Waals surface area contributed by atoms with Crippen LogP contribution in [-0.4, -0.2) is 4.57 Å². The Morgan fingerprint density at radius 3 is 1.53 bits per heavy atom. The average molecular weight is 725 g/mol. The molecule has 12 rings (SSSR count). The smallest absolute Gasteiger partial charge is 0.0754 e. The third-order valence-electron chi connectivity index (χ3n) is 12.4. The molecule has 0 fully saturated rings. The summed E-state index contributed by atoms with van der Waals surface area (Å²) in [5.41, 5.74) is 19.5. The highest BCUT2D eigenvalue weighted by atomic mass is 15.1. The van der Waals surface area contributed by atoms with Gasteiger partial charge in [-0.05, 0) is 104 Å². The van der Waals surface area contributed by atoms with Crippen LogP contribution in [0.3, 0.4) is 0 Å².